The number of thiazole rings is 1. The van der Waals surface area contributed by atoms with Gasteiger partial charge in [-0.05, 0) is 13.0 Å². The van der Waals surface area contributed by atoms with E-state index in [9.17, 15) is 9.18 Å². The number of benzene rings is 1. The Bertz CT molecular complexity index is 600. The van der Waals surface area contributed by atoms with Crippen LogP contribution in [0.15, 0.2) is 29.6 Å². The van der Waals surface area contributed by atoms with Crippen molar-refractivity contribution in [1.29, 1.82) is 0 Å². The molecule has 0 bridgehead atoms. The average Bonchev–Trinajstić information content (AvgIpc) is 2.87. The van der Waals surface area contributed by atoms with Gasteiger partial charge >= 0.3 is 5.97 Å². The quantitative estimate of drug-likeness (QED) is 0.934. The molecular weight excluding hydrogens is 267 g/mol. The van der Waals surface area contributed by atoms with Crippen molar-refractivity contribution < 1.29 is 14.3 Å². The van der Waals surface area contributed by atoms with E-state index in [1.807, 2.05) is 6.92 Å². The van der Waals surface area contributed by atoms with E-state index in [4.69, 9.17) is 5.11 Å². The van der Waals surface area contributed by atoms with Crippen LogP contribution < -0.4 is 4.90 Å². The van der Waals surface area contributed by atoms with Gasteiger partial charge in [-0.25, -0.2) is 14.2 Å². The number of anilines is 1. The van der Waals surface area contributed by atoms with E-state index in [1.165, 1.54) is 22.8 Å². The molecule has 1 aromatic carbocycles. The van der Waals surface area contributed by atoms with Gasteiger partial charge in [0.05, 0.1) is 6.04 Å². The summed E-state index contributed by atoms with van der Waals surface area (Å²) in [6.07, 6.45) is 0. The van der Waals surface area contributed by atoms with Crippen molar-refractivity contribution in [3.8, 4) is 0 Å². The van der Waals surface area contributed by atoms with E-state index in [2.05, 4.69) is 4.98 Å². The fourth-order valence-electron chi connectivity index (χ4n) is 1.71. The smallest absolute Gasteiger partial charge is 0.355 e. The monoisotopic (exact) mass is 280 g/mol. The average molecular weight is 280 g/mol. The minimum absolute atomic E-state index is 0.00702. The van der Waals surface area contributed by atoms with Crippen LogP contribution >= 0.6 is 11.3 Å². The lowest BCUT2D eigenvalue weighted by Crippen LogP contribution is -2.22. The summed E-state index contributed by atoms with van der Waals surface area (Å²) in [5, 5.41) is 10.9. The normalized spacial score (nSPS) is 12.2. The Balaban J connectivity index is 2.25. The van der Waals surface area contributed by atoms with Gasteiger partial charge < -0.3 is 10.0 Å². The molecule has 2 rings (SSSR count). The second-order valence-electron chi connectivity index (χ2n) is 4.13. The lowest BCUT2D eigenvalue weighted by molar-refractivity contribution is 0.0691. The first-order chi connectivity index (χ1) is 9.00. The van der Waals surface area contributed by atoms with Gasteiger partial charge in [-0.1, -0.05) is 18.2 Å². The summed E-state index contributed by atoms with van der Waals surface area (Å²) in [7, 11) is 1.77. The van der Waals surface area contributed by atoms with Gasteiger partial charge in [0.2, 0.25) is 0 Å². The van der Waals surface area contributed by atoms with Crippen molar-refractivity contribution in [1.82, 2.24) is 4.98 Å². The molecule has 0 amide bonds. The molecular formula is C13H13FN2O2S. The summed E-state index contributed by atoms with van der Waals surface area (Å²) in [6.45, 7) is 1.85. The predicted octanol–water partition coefficient (Wildman–Crippen LogP) is 3.18. The molecule has 2 aromatic rings. The fourth-order valence-corrected chi connectivity index (χ4v) is 2.56. The minimum Gasteiger partial charge on any atom is -0.476 e. The van der Waals surface area contributed by atoms with Crippen molar-refractivity contribution in [2.24, 2.45) is 0 Å². The molecule has 0 saturated carbocycles. The first kappa shape index (κ1) is 13.5. The molecule has 0 fully saturated rings. The second-order valence-corrected chi connectivity index (χ2v) is 4.97. The summed E-state index contributed by atoms with van der Waals surface area (Å²) in [5.74, 6) is -1.34. The number of aromatic carboxylic acids is 1. The lowest BCUT2D eigenvalue weighted by Gasteiger charge is -2.24. The molecule has 1 unspecified atom stereocenters. The van der Waals surface area contributed by atoms with Crippen LogP contribution in [0, 0.1) is 5.82 Å². The van der Waals surface area contributed by atoms with Gasteiger partial charge in [-0.3, -0.25) is 0 Å². The van der Waals surface area contributed by atoms with E-state index < -0.39 is 5.97 Å². The maximum atomic E-state index is 13.7. The maximum Gasteiger partial charge on any atom is 0.355 e. The molecule has 1 N–H and O–H groups in total. The molecule has 0 saturated heterocycles. The molecule has 19 heavy (non-hydrogen) atoms. The molecule has 1 heterocycles. The van der Waals surface area contributed by atoms with E-state index in [1.54, 1.807) is 30.1 Å². The third kappa shape index (κ3) is 2.73. The highest BCUT2D eigenvalue weighted by Crippen LogP contribution is 2.29. The van der Waals surface area contributed by atoms with Crippen molar-refractivity contribution >= 4 is 22.4 Å². The predicted molar refractivity (Wildman–Crippen MR) is 72.3 cm³/mol. The van der Waals surface area contributed by atoms with E-state index in [0.717, 1.165) is 0 Å². The minimum atomic E-state index is -1.06. The molecule has 0 aliphatic rings. The summed E-state index contributed by atoms with van der Waals surface area (Å²) in [6, 6.07) is 6.30. The van der Waals surface area contributed by atoms with Crippen molar-refractivity contribution in [2.45, 2.75) is 13.0 Å². The number of hydrogen-bond acceptors (Lipinski definition) is 4. The standard InChI is InChI=1S/C13H13FN2O2S/c1-8(9-5-3-4-6-10(9)14)16(2)13-15-11(7-19-13)12(17)18/h3-8H,1-2H3,(H,17,18). The van der Waals surface area contributed by atoms with Crippen LogP contribution in [-0.2, 0) is 0 Å². The van der Waals surface area contributed by atoms with Crippen LogP contribution in [0.25, 0.3) is 0 Å². The Kier molecular flexibility index (Phi) is 3.80. The van der Waals surface area contributed by atoms with E-state index in [-0.39, 0.29) is 17.6 Å². The maximum absolute atomic E-state index is 13.7. The molecule has 6 heteroatoms. The molecule has 4 nitrogen and oxygen atoms in total. The molecule has 0 aliphatic carbocycles. The Morgan fingerprint density at radius 1 is 1.47 bits per heavy atom. The highest BCUT2D eigenvalue weighted by atomic mass is 32.1. The number of hydrogen-bond donors (Lipinski definition) is 1. The zero-order chi connectivity index (χ0) is 14.0. The van der Waals surface area contributed by atoms with Gasteiger partial charge in [0, 0.05) is 18.0 Å². The van der Waals surface area contributed by atoms with Gasteiger partial charge in [-0.15, -0.1) is 11.3 Å². The Labute approximate surface area is 114 Å². The summed E-state index contributed by atoms with van der Waals surface area (Å²) < 4.78 is 13.7. The number of aromatic nitrogens is 1. The molecule has 0 radical (unpaired) electrons. The molecule has 1 aromatic heterocycles. The van der Waals surface area contributed by atoms with Crippen molar-refractivity contribution in [3.63, 3.8) is 0 Å². The number of rotatable bonds is 4. The topological polar surface area (TPSA) is 53.4 Å². The molecule has 1 atom stereocenters. The van der Waals surface area contributed by atoms with E-state index >= 15 is 0 Å². The highest BCUT2D eigenvalue weighted by molar-refractivity contribution is 7.13. The van der Waals surface area contributed by atoms with Crippen molar-refractivity contribution in [2.75, 3.05) is 11.9 Å². The molecule has 100 valence electrons. The largest absolute Gasteiger partial charge is 0.476 e. The summed E-state index contributed by atoms with van der Waals surface area (Å²) >= 11 is 1.23. The fraction of sp³-hybridized carbons (Fsp3) is 0.231. The first-order valence-electron chi connectivity index (χ1n) is 5.66. The van der Waals surface area contributed by atoms with Gasteiger partial charge in [0.15, 0.2) is 10.8 Å². The van der Waals surface area contributed by atoms with E-state index in [0.29, 0.717) is 10.7 Å². The Morgan fingerprint density at radius 3 is 2.74 bits per heavy atom. The number of carboxylic acid groups (broad SMARTS) is 1. The Hall–Kier alpha value is -1.95. The number of halogens is 1. The number of carbonyl (C=O) groups is 1. The number of nitrogens with zero attached hydrogens (tertiary/aromatic N) is 2. The van der Waals surface area contributed by atoms with Gasteiger partial charge in [0.1, 0.15) is 5.82 Å². The zero-order valence-corrected chi connectivity index (χ0v) is 11.3. The van der Waals surface area contributed by atoms with Gasteiger partial charge in [-0.2, -0.15) is 0 Å². The third-order valence-corrected chi connectivity index (χ3v) is 3.88. The van der Waals surface area contributed by atoms with Crippen LogP contribution in [-0.4, -0.2) is 23.1 Å². The lowest BCUT2D eigenvalue weighted by atomic mass is 10.1. The molecule has 0 spiro atoms. The SMILES string of the molecule is CC(c1ccccc1F)N(C)c1nc(C(=O)O)cs1. The highest BCUT2D eigenvalue weighted by Gasteiger charge is 2.19. The van der Waals surface area contributed by atoms with Gasteiger partial charge in [0.25, 0.3) is 0 Å². The summed E-state index contributed by atoms with van der Waals surface area (Å²) in [4.78, 5) is 16.6. The third-order valence-electron chi connectivity index (χ3n) is 2.95. The molecule has 0 aliphatic heterocycles. The van der Waals surface area contributed by atoms with Crippen LogP contribution in [0.1, 0.15) is 29.0 Å². The Morgan fingerprint density at radius 2 is 2.16 bits per heavy atom. The van der Waals surface area contributed by atoms with Crippen LogP contribution in [0.4, 0.5) is 9.52 Å². The van der Waals surface area contributed by atoms with Crippen molar-refractivity contribution in [3.05, 3.63) is 46.7 Å². The first-order valence-corrected chi connectivity index (χ1v) is 6.54. The summed E-state index contributed by atoms with van der Waals surface area (Å²) in [5.41, 5.74) is 0.560. The van der Waals surface area contributed by atoms with Crippen LogP contribution in [0.3, 0.4) is 0 Å². The second kappa shape index (κ2) is 5.36. The van der Waals surface area contributed by atoms with Crippen LogP contribution in [0.2, 0.25) is 0 Å². The van der Waals surface area contributed by atoms with Crippen LogP contribution in [0.5, 0.6) is 0 Å². The number of carboxylic acids is 1. The zero-order valence-electron chi connectivity index (χ0n) is 10.5.